The molecule has 2 rings (SSSR count). The minimum atomic E-state index is -0.191. The summed E-state index contributed by atoms with van der Waals surface area (Å²) in [5.41, 5.74) is 1.65. The summed E-state index contributed by atoms with van der Waals surface area (Å²) < 4.78 is 6.90. The van der Waals surface area contributed by atoms with Crippen LogP contribution < -0.4 is 0 Å². The molecular weight excluding hydrogens is 240 g/mol. The minimum Gasteiger partial charge on any atom is -0.374 e. The van der Waals surface area contributed by atoms with Crippen molar-refractivity contribution < 1.29 is 4.74 Å². The SMILES string of the molecule is CO[C@H](C)c1nc(Cl)cc(-c2cnn(C)c2)n1. The molecule has 1 atom stereocenters. The number of nitrogens with zero attached hydrogens (tertiary/aromatic N) is 4. The van der Waals surface area contributed by atoms with Crippen molar-refractivity contribution in [2.45, 2.75) is 13.0 Å². The van der Waals surface area contributed by atoms with Gasteiger partial charge < -0.3 is 4.74 Å². The third kappa shape index (κ3) is 2.62. The van der Waals surface area contributed by atoms with Crippen molar-refractivity contribution in [3.8, 4) is 11.3 Å². The molecule has 0 N–H and O–H groups in total. The van der Waals surface area contributed by atoms with E-state index in [1.54, 1.807) is 24.1 Å². The molecular formula is C11H13ClN4O. The van der Waals surface area contributed by atoms with E-state index in [4.69, 9.17) is 16.3 Å². The first-order chi connectivity index (χ1) is 8.10. The van der Waals surface area contributed by atoms with Gasteiger partial charge in [-0.3, -0.25) is 4.68 Å². The van der Waals surface area contributed by atoms with E-state index >= 15 is 0 Å². The first-order valence-corrected chi connectivity index (χ1v) is 5.54. The van der Waals surface area contributed by atoms with Gasteiger partial charge in [-0.2, -0.15) is 5.10 Å². The van der Waals surface area contributed by atoms with Gasteiger partial charge in [-0.25, -0.2) is 9.97 Å². The molecule has 0 aliphatic heterocycles. The highest BCUT2D eigenvalue weighted by molar-refractivity contribution is 6.29. The molecule has 6 heteroatoms. The molecule has 0 fully saturated rings. The standard InChI is InChI=1S/C11H13ClN4O/c1-7(17-3)11-14-9(4-10(12)15-11)8-5-13-16(2)6-8/h4-7H,1-3H3/t7-/m1/s1. The maximum atomic E-state index is 5.97. The first kappa shape index (κ1) is 12.0. The molecule has 0 aliphatic carbocycles. The number of methoxy groups -OCH3 is 1. The van der Waals surface area contributed by atoms with Crippen LogP contribution in [-0.2, 0) is 11.8 Å². The Hall–Kier alpha value is -1.46. The number of hydrogen-bond donors (Lipinski definition) is 0. The molecule has 90 valence electrons. The summed E-state index contributed by atoms with van der Waals surface area (Å²) in [5, 5.41) is 4.50. The molecule has 2 aromatic rings. The van der Waals surface area contributed by atoms with Crippen molar-refractivity contribution in [3.63, 3.8) is 0 Å². The van der Waals surface area contributed by atoms with E-state index < -0.39 is 0 Å². The fourth-order valence-electron chi connectivity index (χ4n) is 1.42. The quantitative estimate of drug-likeness (QED) is 0.786. The zero-order valence-electron chi connectivity index (χ0n) is 9.88. The number of halogens is 1. The average molecular weight is 253 g/mol. The predicted molar refractivity (Wildman–Crippen MR) is 64.7 cm³/mol. The highest BCUT2D eigenvalue weighted by Crippen LogP contribution is 2.22. The van der Waals surface area contributed by atoms with E-state index in [0.717, 1.165) is 11.3 Å². The normalized spacial score (nSPS) is 12.7. The van der Waals surface area contributed by atoms with Crippen LogP contribution in [0.4, 0.5) is 0 Å². The van der Waals surface area contributed by atoms with E-state index in [-0.39, 0.29) is 6.10 Å². The van der Waals surface area contributed by atoms with Crippen LogP contribution in [0.15, 0.2) is 18.5 Å². The summed E-state index contributed by atoms with van der Waals surface area (Å²) in [6.07, 6.45) is 3.42. The third-order valence-electron chi connectivity index (χ3n) is 2.43. The van der Waals surface area contributed by atoms with Crippen LogP contribution in [0.1, 0.15) is 18.9 Å². The van der Waals surface area contributed by atoms with Gasteiger partial charge in [0.2, 0.25) is 0 Å². The monoisotopic (exact) mass is 252 g/mol. The number of aromatic nitrogens is 4. The van der Waals surface area contributed by atoms with Crippen LogP contribution in [0, 0.1) is 0 Å². The Balaban J connectivity index is 2.44. The fourth-order valence-corrected chi connectivity index (χ4v) is 1.61. The number of rotatable bonds is 3. The minimum absolute atomic E-state index is 0.191. The highest BCUT2D eigenvalue weighted by Gasteiger charge is 2.12. The fraction of sp³-hybridized carbons (Fsp3) is 0.364. The van der Waals surface area contributed by atoms with E-state index in [1.807, 2.05) is 20.2 Å². The Morgan fingerprint density at radius 3 is 2.76 bits per heavy atom. The summed E-state index contributed by atoms with van der Waals surface area (Å²) in [6, 6.07) is 1.71. The Labute approximate surface area is 104 Å². The largest absolute Gasteiger partial charge is 0.374 e. The predicted octanol–water partition coefficient (Wildman–Crippen LogP) is 2.24. The topological polar surface area (TPSA) is 52.8 Å². The number of ether oxygens (including phenoxy) is 1. The molecule has 0 aromatic carbocycles. The molecule has 5 nitrogen and oxygen atoms in total. The summed E-state index contributed by atoms with van der Waals surface area (Å²) >= 11 is 5.97. The van der Waals surface area contributed by atoms with Crippen LogP contribution in [0.25, 0.3) is 11.3 Å². The molecule has 17 heavy (non-hydrogen) atoms. The van der Waals surface area contributed by atoms with E-state index in [0.29, 0.717) is 11.0 Å². The van der Waals surface area contributed by atoms with Crippen molar-refractivity contribution in [2.24, 2.45) is 7.05 Å². The lowest BCUT2D eigenvalue weighted by Crippen LogP contribution is -2.03. The average Bonchev–Trinajstić information content (AvgIpc) is 2.74. The molecule has 0 amide bonds. The van der Waals surface area contributed by atoms with Gasteiger partial charge >= 0.3 is 0 Å². The zero-order chi connectivity index (χ0) is 12.4. The lowest BCUT2D eigenvalue weighted by molar-refractivity contribution is 0.112. The smallest absolute Gasteiger partial charge is 0.159 e. The lowest BCUT2D eigenvalue weighted by Gasteiger charge is -2.09. The van der Waals surface area contributed by atoms with Crippen molar-refractivity contribution in [1.82, 2.24) is 19.7 Å². The van der Waals surface area contributed by atoms with E-state index in [1.165, 1.54) is 0 Å². The van der Waals surface area contributed by atoms with Gasteiger partial charge in [0.15, 0.2) is 5.82 Å². The Morgan fingerprint density at radius 2 is 2.18 bits per heavy atom. The summed E-state index contributed by atoms with van der Waals surface area (Å²) in [6.45, 7) is 1.87. The Bertz CT molecular complexity index is 526. The second-order valence-electron chi connectivity index (χ2n) is 3.71. The molecule has 0 spiro atoms. The van der Waals surface area contributed by atoms with Crippen LogP contribution >= 0.6 is 11.6 Å². The second kappa shape index (κ2) is 4.81. The third-order valence-corrected chi connectivity index (χ3v) is 2.62. The molecule has 0 saturated heterocycles. The molecule has 2 aromatic heterocycles. The molecule has 0 radical (unpaired) electrons. The second-order valence-corrected chi connectivity index (χ2v) is 4.10. The lowest BCUT2D eigenvalue weighted by atomic mass is 10.2. The van der Waals surface area contributed by atoms with Crippen LogP contribution in [0.2, 0.25) is 5.15 Å². The van der Waals surface area contributed by atoms with Crippen LogP contribution in [0.3, 0.4) is 0 Å². The molecule has 0 unspecified atom stereocenters. The van der Waals surface area contributed by atoms with Crippen molar-refractivity contribution in [1.29, 1.82) is 0 Å². The van der Waals surface area contributed by atoms with Crippen LogP contribution in [-0.4, -0.2) is 26.9 Å². The zero-order valence-corrected chi connectivity index (χ0v) is 10.6. The molecule has 2 heterocycles. The highest BCUT2D eigenvalue weighted by atomic mass is 35.5. The number of hydrogen-bond acceptors (Lipinski definition) is 4. The molecule has 0 bridgehead atoms. The van der Waals surface area contributed by atoms with Gasteiger partial charge in [-0.1, -0.05) is 11.6 Å². The van der Waals surface area contributed by atoms with Gasteiger partial charge in [0, 0.05) is 32.0 Å². The summed E-state index contributed by atoms with van der Waals surface area (Å²) in [7, 11) is 3.46. The van der Waals surface area contributed by atoms with Crippen molar-refractivity contribution in [3.05, 3.63) is 29.4 Å². The Kier molecular flexibility index (Phi) is 3.40. The van der Waals surface area contributed by atoms with Gasteiger partial charge in [-0.05, 0) is 6.92 Å². The van der Waals surface area contributed by atoms with E-state index in [2.05, 4.69) is 15.1 Å². The number of aryl methyl sites for hydroxylation is 1. The maximum Gasteiger partial charge on any atom is 0.159 e. The van der Waals surface area contributed by atoms with E-state index in [9.17, 15) is 0 Å². The summed E-state index contributed by atoms with van der Waals surface area (Å²) in [4.78, 5) is 8.55. The molecule has 0 aliphatic rings. The van der Waals surface area contributed by atoms with Gasteiger partial charge in [0.25, 0.3) is 0 Å². The van der Waals surface area contributed by atoms with Crippen molar-refractivity contribution in [2.75, 3.05) is 7.11 Å². The van der Waals surface area contributed by atoms with Crippen LogP contribution in [0.5, 0.6) is 0 Å². The van der Waals surface area contributed by atoms with Gasteiger partial charge in [-0.15, -0.1) is 0 Å². The van der Waals surface area contributed by atoms with Crippen molar-refractivity contribution >= 4 is 11.6 Å². The molecule has 0 saturated carbocycles. The van der Waals surface area contributed by atoms with Gasteiger partial charge in [0.05, 0.1) is 11.9 Å². The maximum absolute atomic E-state index is 5.97. The first-order valence-electron chi connectivity index (χ1n) is 5.16. The Morgan fingerprint density at radius 1 is 1.41 bits per heavy atom. The van der Waals surface area contributed by atoms with Gasteiger partial charge in [0.1, 0.15) is 11.3 Å². The summed E-state index contributed by atoms with van der Waals surface area (Å²) in [5.74, 6) is 0.568.